The van der Waals surface area contributed by atoms with E-state index in [1.54, 1.807) is 42.7 Å². The summed E-state index contributed by atoms with van der Waals surface area (Å²) >= 11 is 0. The predicted molar refractivity (Wildman–Crippen MR) is 112 cm³/mol. The summed E-state index contributed by atoms with van der Waals surface area (Å²) in [6, 6.07) is 16.3. The van der Waals surface area contributed by atoms with Gasteiger partial charge in [-0.2, -0.15) is 0 Å². The second-order valence-electron chi connectivity index (χ2n) is 7.13. The Morgan fingerprint density at radius 3 is 2.72 bits per heavy atom. The molecule has 0 radical (unpaired) electrons. The SMILES string of the molecule is CC(C)COc1ccc(C(=O)Nc2cccc(-c3nc4cnccc4o3)c2)cc1. The maximum Gasteiger partial charge on any atom is 0.255 e. The number of oxazole rings is 1. The quantitative estimate of drug-likeness (QED) is 0.493. The summed E-state index contributed by atoms with van der Waals surface area (Å²) < 4.78 is 11.4. The molecule has 0 fully saturated rings. The molecular weight excluding hydrogens is 366 g/mol. The van der Waals surface area contributed by atoms with Gasteiger partial charge >= 0.3 is 0 Å². The molecule has 0 saturated carbocycles. The van der Waals surface area contributed by atoms with Crippen molar-refractivity contribution in [3.8, 4) is 17.2 Å². The molecule has 2 heterocycles. The van der Waals surface area contributed by atoms with Crippen LogP contribution in [0.2, 0.25) is 0 Å². The van der Waals surface area contributed by atoms with Gasteiger partial charge in [-0.15, -0.1) is 0 Å². The molecule has 6 nitrogen and oxygen atoms in total. The first-order chi connectivity index (χ1) is 14.1. The Bertz CT molecular complexity index is 1100. The Kier molecular flexibility index (Phi) is 5.24. The summed E-state index contributed by atoms with van der Waals surface area (Å²) in [7, 11) is 0. The second kappa shape index (κ2) is 8.14. The molecule has 0 aliphatic heterocycles. The lowest BCUT2D eigenvalue weighted by Crippen LogP contribution is -2.12. The van der Waals surface area contributed by atoms with Crippen molar-refractivity contribution >= 4 is 22.7 Å². The highest BCUT2D eigenvalue weighted by Crippen LogP contribution is 2.26. The maximum atomic E-state index is 12.6. The van der Waals surface area contributed by atoms with Gasteiger partial charge in [0, 0.05) is 29.1 Å². The fraction of sp³-hybridized carbons (Fsp3) is 0.174. The fourth-order valence-electron chi connectivity index (χ4n) is 2.80. The van der Waals surface area contributed by atoms with Crippen LogP contribution in [-0.4, -0.2) is 22.5 Å². The van der Waals surface area contributed by atoms with Crippen LogP contribution in [0.25, 0.3) is 22.6 Å². The first kappa shape index (κ1) is 18.7. The van der Waals surface area contributed by atoms with E-state index in [2.05, 4.69) is 29.1 Å². The molecule has 2 aromatic carbocycles. The second-order valence-corrected chi connectivity index (χ2v) is 7.13. The molecule has 29 heavy (non-hydrogen) atoms. The zero-order valence-corrected chi connectivity index (χ0v) is 16.3. The zero-order chi connectivity index (χ0) is 20.2. The minimum Gasteiger partial charge on any atom is -0.493 e. The smallest absolute Gasteiger partial charge is 0.255 e. The van der Waals surface area contributed by atoms with Crippen molar-refractivity contribution in [1.29, 1.82) is 0 Å². The van der Waals surface area contributed by atoms with E-state index < -0.39 is 0 Å². The average molecular weight is 387 g/mol. The van der Waals surface area contributed by atoms with Gasteiger partial charge in [-0.05, 0) is 48.4 Å². The van der Waals surface area contributed by atoms with Crippen LogP contribution in [0.5, 0.6) is 5.75 Å². The normalized spacial score (nSPS) is 11.0. The third-order valence-electron chi connectivity index (χ3n) is 4.26. The lowest BCUT2D eigenvalue weighted by Gasteiger charge is -2.10. The van der Waals surface area contributed by atoms with Gasteiger partial charge in [0.1, 0.15) is 11.3 Å². The van der Waals surface area contributed by atoms with Gasteiger partial charge in [-0.25, -0.2) is 4.98 Å². The summed E-state index contributed by atoms with van der Waals surface area (Å²) in [4.78, 5) is 21.1. The molecule has 0 unspecified atom stereocenters. The van der Waals surface area contributed by atoms with Crippen molar-refractivity contribution in [2.24, 2.45) is 5.92 Å². The third-order valence-corrected chi connectivity index (χ3v) is 4.26. The van der Waals surface area contributed by atoms with Gasteiger partial charge in [0.05, 0.1) is 12.8 Å². The van der Waals surface area contributed by atoms with Crippen LogP contribution in [0.15, 0.2) is 71.4 Å². The van der Waals surface area contributed by atoms with E-state index in [9.17, 15) is 4.79 Å². The molecule has 1 amide bonds. The zero-order valence-electron chi connectivity index (χ0n) is 16.3. The number of aromatic nitrogens is 2. The highest BCUT2D eigenvalue weighted by Gasteiger charge is 2.11. The monoisotopic (exact) mass is 387 g/mol. The van der Waals surface area contributed by atoms with Crippen LogP contribution in [0.4, 0.5) is 5.69 Å². The lowest BCUT2D eigenvalue weighted by molar-refractivity contribution is 0.102. The molecular formula is C23H21N3O3. The van der Waals surface area contributed by atoms with Crippen LogP contribution in [0.3, 0.4) is 0 Å². The molecule has 4 aromatic rings. The Morgan fingerprint density at radius 1 is 1.14 bits per heavy atom. The van der Waals surface area contributed by atoms with Gasteiger partial charge in [0.15, 0.2) is 5.58 Å². The Labute approximate surface area is 168 Å². The van der Waals surface area contributed by atoms with E-state index in [4.69, 9.17) is 9.15 Å². The molecule has 6 heteroatoms. The Hall–Kier alpha value is -3.67. The molecule has 0 bridgehead atoms. The van der Waals surface area contributed by atoms with Crippen molar-refractivity contribution < 1.29 is 13.9 Å². The van der Waals surface area contributed by atoms with E-state index in [-0.39, 0.29) is 5.91 Å². The van der Waals surface area contributed by atoms with Crippen LogP contribution in [-0.2, 0) is 0 Å². The summed E-state index contributed by atoms with van der Waals surface area (Å²) in [6.07, 6.45) is 3.32. The summed E-state index contributed by atoms with van der Waals surface area (Å²) in [5.41, 5.74) is 3.35. The van der Waals surface area contributed by atoms with E-state index in [1.165, 1.54) is 0 Å². The minimum atomic E-state index is -0.195. The maximum absolute atomic E-state index is 12.6. The molecule has 0 aliphatic rings. The summed E-state index contributed by atoms with van der Waals surface area (Å²) in [5.74, 6) is 1.49. The van der Waals surface area contributed by atoms with Crippen LogP contribution >= 0.6 is 0 Å². The van der Waals surface area contributed by atoms with E-state index in [0.717, 1.165) is 11.3 Å². The average Bonchev–Trinajstić information content (AvgIpc) is 3.17. The van der Waals surface area contributed by atoms with Gasteiger partial charge < -0.3 is 14.5 Å². The van der Waals surface area contributed by atoms with E-state index in [0.29, 0.717) is 40.8 Å². The highest BCUT2D eigenvalue weighted by molar-refractivity contribution is 6.04. The number of benzene rings is 2. The van der Waals surface area contributed by atoms with Crippen molar-refractivity contribution in [3.05, 3.63) is 72.6 Å². The number of nitrogens with one attached hydrogen (secondary N) is 1. The number of amides is 1. The molecule has 0 aliphatic carbocycles. The number of carbonyl (C=O) groups is 1. The molecule has 2 aromatic heterocycles. The largest absolute Gasteiger partial charge is 0.493 e. The van der Waals surface area contributed by atoms with Crippen molar-refractivity contribution in [2.75, 3.05) is 11.9 Å². The van der Waals surface area contributed by atoms with Crippen LogP contribution < -0.4 is 10.1 Å². The minimum absolute atomic E-state index is 0.195. The van der Waals surface area contributed by atoms with Crippen molar-refractivity contribution in [3.63, 3.8) is 0 Å². The first-order valence-electron chi connectivity index (χ1n) is 9.44. The van der Waals surface area contributed by atoms with Gasteiger partial charge in [0.2, 0.25) is 5.89 Å². The number of ether oxygens (including phenoxy) is 1. The summed E-state index contributed by atoms with van der Waals surface area (Å²) in [6.45, 7) is 4.83. The molecule has 0 atom stereocenters. The lowest BCUT2D eigenvalue weighted by atomic mass is 10.1. The predicted octanol–water partition coefficient (Wildman–Crippen LogP) is 5.18. The Balaban J connectivity index is 1.48. The van der Waals surface area contributed by atoms with Crippen molar-refractivity contribution in [1.82, 2.24) is 9.97 Å². The van der Waals surface area contributed by atoms with Gasteiger partial charge in [-0.3, -0.25) is 9.78 Å². The molecule has 1 N–H and O–H groups in total. The third kappa shape index (κ3) is 4.43. The fourth-order valence-corrected chi connectivity index (χ4v) is 2.80. The number of hydrogen-bond acceptors (Lipinski definition) is 5. The highest BCUT2D eigenvalue weighted by atomic mass is 16.5. The topological polar surface area (TPSA) is 77.2 Å². The summed E-state index contributed by atoms with van der Waals surface area (Å²) in [5, 5.41) is 2.91. The standard InChI is InChI=1S/C23H21N3O3/c1-15(2)14-28-19-8-6-16(7-9-19)22(27)25-18-5-3-4-17(12-18)23-26-20-13-24-11-10-21(20)29-23/h3-13,15H,14H2,1-2H3,(H,25,27). The number of fused-ring (bicyclic) bond motifs is 1. The number of hydrogen-bond donors (Lipinski definition) is 1. The molecule has 146 valence electrons. The van der Waals surface area contributed by atoms with Gasteiger partial charge in [-0.1, -0.05) is 19.9 Å². The number of nitrogens with zero attached hydrogens (tertiary/aromatic N) is 2. The van der Waals surface area contributed by atoms with Crippen molar-refractivity contribution in [2.45, 2.75) is 13.8 Å². The number of carbonyl (C=O) groups excluding carboxylic acids is 1. The molecule has 4 rings (SSSR count). The number of rotatable bonds is 6. The number of pyridine rings is 1. The van der Waals surface area contributed by atoms with Crippen LogP contribution in [0.1, 0.15) is 24.2 Å². The van der Waals surface area contributed by atoms with Gasteiger partial charge in [0.25, 0.3) is 5.91 Å². The molecule has 0 saturated heterocycles. The Morgan fingerprint density at radius 2 is 1.97 bits per heavy atom. The van der Waals surface area contributed by atoms with E-state index >= 15 is 0 Å². The first-order valence-corrected chi connectivity index (χ1v) is 9.44. The number of anilines is 1. The molecule has 0 spiro atoms. The van der Waals surface area contributed by atoms with Crippen LogP contribution in [0, 0.1) is 5.92 Å². The van der Waals surface area contributed by atoms with E-state index in [1.807, 2.05) is 24.3 Å².